The molecular weight excluding hydrogens is 218 g/mol. The molecule has 1 aliphatic heterocycles. The van der Waals surface area contributed by atoms with Gasteiger partial charge >= 0.3 is 5.97 Å². The molecule has 5 nitrogen and oxygen atoms in total. The van der Waals surface area contributed by atoms with Crippen LogP contribution in [0.2, 0.25) is 0 Å². The number of anilines is 2. The van der Waals surface area contributed by atoms with Crippen molar-refractivity contribution in [3.8, 4) is 0 Å². The van der Waals surface area contributed by atoms with Gasteiger partial charge in [0, 0.05) is 26.7 Å². The van der Waals surface area contributed by atoms with E-state index in [9.17, 15) is 4.79 Å². The zero-order chi connectivity index (χ0) is 12.4. The summed E-state index contributed by atoms with van der Waals surface area (Å²) < 4.78 is 0. The highest BCUT2D eigenvalue weighted by Gasteiger charge is 2.23. The predicted molar refractivity (Wildman–Crippen MR) is 67.5 cm³/mol. The molecule has 0 bridgehead atoms. The smallest absolute Gasteiger partial charge is 0.322 e. The van der Waals surface area contributed by atoms with Gasteiger partial charge in [0.05, 0.1) is 11.4 Å². The molecule has 1 aromatic carbocycles. The number of para-hydroxylation sites is 2. The zero-order valence-electron chi connectivity index (χ0n) is 9.84. The van der Waals surface area contributed by atoms with Crippen molar-refractivity contribution in [2.24, 2.45) is 5.73 Å². The van der Waals surface area contributed by atoms with Gasteiger partial charge in [-0.2, -0.15) is 0 Å². The molecule has 3 N–H and O–H groups in total. The van der Waals surface area contributed by atoms with Crippen molar-refractivity contribution in [3.63, 3.8) is 0 Å². The Labute approximate surface area is 100 Å². The average molecular weight is 235 g/mol. The first-order valence-corrected chi connectivity index (χ1v) is 5.63. The molecule has 1 aliphatic rings. The van der Waals surface area contributed by atoms with Crippen molar-refractivity contribution < 1.29 is 9.90 Å². The summed E-state index contributed by atoms with van der Waals surface area (Å²) >= 11 is 0. The number of nitrogens with two attached hydrogens (primary N) is 1. The predicted octanol–water partition coefficient (Wildman–Crippen LogP) is 0.355. The van der Waals surface area contributed by atoms with E-state index in [4.69, 9.17) is 10.8 Å². The lowest BCUT2D eigenvalue weighted by Crippen LogP contribution is -2.47. The lowest BCUT2D eigenvalue weighted by Gasteiger charge is -2.37. The number of hydrogen-bond acceptors (Lipinski definition) is 4. The first-order valence-electron chi connectivity index (χ1n) is 5.63. The van der Waals surface area contributed by atoms with E-state index in [0.29, 0.717) is 6.54 Å². The fourth-order valence-corrected chi connectivity index (χ4v) is 2.07. The molecule has 1 aromatic rings. The van der Waals surface area contributed by atoms with Gasteiger partial charge in [0.25, 0.3) is 0 Å². The normalized spacial score (nSPS) is 16.6. The van der Waals surface area contributed by atoms with Gasteiger partial charge < -0.3 is 20.6 Å². The van der Waals surface area contributed by atoms with Crippen molar-refractivity contribution in [1.29, 1.82) is 0 Å². The number of benzene rings is 1. The Balaban J connectivity index is 2.21. The Bertz CT molecular complexity index is 422. The maximum Gasteiger partial charge on any atom is 0.322 e. The molecule has 0 saturated heterocycles. The molecule has 17 heavy (non-hydrogen) atoms. The van der Waals surface area contributed by atoms with Crippen LogP contribution in [0.15, 0.2) is 24.3 Å². The van der Waals surface area contributed by atoms with E-state index in [1.54, 1.807) is 0 Å². The number of aliphatic carboxylic acids is 1. The molecule has 0 saturated carbocycles. The third kappa shape index (κ3) is 2.34. The number of carboxylic acid groups (broad SMARTS) is 1. The third-order valence-corrected chi connectivity index (χ3v) is 3.07. The van der Waals surface area contributed by atoms with Crippen LogP contribution in [0.25, 0.3) is 0 Å². The van der Waals surface area contributed by atoms with Gasteiger partial charge in [-0.1, -0.05) is 12.1 Å². The van der Waals surface area contributed by atoms with Gasteiger partial charge in [-0.15, -0.1) is 0 Å². The van der Waals surface area contributed by atoms with Gasteiger partial charge in [-0.3, -0.25) is 4.79 Å². The Morgan fingerprint density at radius 2 is 2.06 bits per heavy atom. The van der Waals surface area contributed by atoms with Gasteiger partial charge in [-0.25, -0.2) is 0 Å². The lowest BCUT2D eigenvalue weighted by atomic mass is 10.1. The molecule has 1 heterocycles. The van der Waals surface area contributed by atoms with Crippen LogP contribution in [0, 0.1) is 0 Å². The Kier molecular flexibility index (Phi) is 3.19. The fourth-order valence-electron chi connectivity index (χ4n) is 2.07. The highest BCUT2D eigenvalue weighted by Crippen LogP contribution is 2.31. The number of nitrogens with zero attached hydrogens (tertiary/aromatic N) is 2. The Morgan fingerprint density at radius 1 is 1.41 bits per heavy atom. The molecule has 0 aliphatic carbocycles. The van der Waals surface area contributed by atoms with Gasteiger partial charge in [0.15, 0.2) is 0 Å². The summed E-state index contributed by atoms with van der Waals surface area (Å²) in [5, 5.41) is 8.85. The summed E-state index contributed by atoms with van der Waals surface area (Å²) in [6.07, 6.45) is 0. The quantitative estimate of drug-likeness (QED) is 0.791. The van der Waals surface area contributed by atoms with E-state index < -0.39 is 12.0 Å². The SMILES string of the molecule is CN1CCN(CC(N)C(=O)O)c2ccccc21. The molecular formula is C12H17N3O2. The molecule has 0 aromatic heterocycles. The van der Waals surface area contributed by atoms with Crippen LogP contribution in [-0.4, -0.2) is 43.8 Å². The molecule has 92 valence electrons. The maximum atomic E-state index is 10.8. The van der Waals surface area contributed by atoms with Crippen LogP contribution < -0.4 is 15.5 Å². The van der Waals surface area contributed by atoms with Crippen molar-refractivity contribution in [2.45, 2.75) is 6.04 Å². The fraction of sp³-hybridized carbons (Fsp3) is 0.417. The van der Waals surface area contributed by atoms with Gasteiger partial charge in [0.2, 0.25) is 0 Å². The third-order valence-electron chi connectivity index (χ3n) is 3.07. The molecule has 0 spiro atoms. The van der Waals surface area contributed by atoms with Crippen LogP contribution in [0.4, 0.5) is 11.4 Å². The zero-order valence-corrected chi connectivity index (χ0v) is 9.84. The van der Waals surface area contributed by atoms with E-state index >= 15 is 0 Å². The summed E-state index contributed by atoms with van der Waals surface area (Å²) in [5.74, 6) is -0.957. The van der Waals surface area contributed by atoms with Crippen molar-refractivity contribution in [3.05, 3.63) is 24.3 Å². The highest BCUT2D eigenvalue weighted by atomic mass is 16.4. The molecule has 1 atom stereocenters. The number of likely N-dealkylation sites (N-methyl/N-ethyl adjacent to an activating group) is 1. The van der Waals surface area contributed by atoms with E-state index in [1.165, 1.54) is 0 Å². The van der Waals surface area contributed by atoms with Crippen molar-refractivity contribution >= 4 is 17.3 Å². The maximum absolute atomic E-state index is 10.8. The van der Waals surface area contributed by atoms with E-state index in [0.717, 1.165) is 24.5 Å². The van der Waals surface area contributed by atoms with Crippen LogP contribution in [0.1, 0.15) is 0 Å². The highest BCUT2D eigenvalue weighted by molar-refractivity contribution is 5.77. The number of fused-ring (bicyclic) bond motifs is 1. The first-order chi connectivity index (χ1) is 8.09. The van der Waals surface area contributed by atoms with Gasteiger partial charge in [-0.05, 0) is 12.1 Å². The first kappa shape index (κ1) is 11.7. The lowest BCUT2D eigenvalue weighted by molar-refractivity contribution is -0.138. The summed E-state index contributed by atoms with van der Waals surface area (Å²) in [5.41, 5.74) is 7.76. The van der Waals surface area contributed by atoms with E-state index in [-0.39, 0.29) is 0 Å². The topological polar surface area (TPSA) is 69.8 Å². The van der Waals surface area contributed by atoms with Gasteiger partial charge in [0.1, 0.15) is 6.04 Å². The molecule has 2 rings (SSSR count). The summed E-state index contributed by atoms with van der Waals surface area (Å²) in [7, 11) is 2.04. The largest absolute Gasteiger partial charge is 0.480 e. The monoisotopic (exact) mass is 235 g/mol. The summed E-state index contributed by atoms with van der Waals surface area (Å²) in [4.78, 5) is 15.0. The summed E-state index contributed by atoms with van der Waals surface area (Å²) in [6.45, 7) is 2.03. The van der Waals surface area contributed by atoms with Crippen molar-refractivity contribution in [1.82, 2.24) is 0 Å². The molecule has 1 unspecified atom stereocenters. The summed E-state index contributed by atoms with van der Waals surface area (Å²) in [6, 6.07) is 7.13. The van der Waals surface area contributed by atoms with Crippen LogP contribution >= 0.6 is 0 Å². The molecule has 0 amide bonds. The number of hydrogen-bond donors (Lipinski definition) is 2. The second-order valence-electron chi connectivity index (χ2n) is 4.30. The minimum atomic E-state index is -0.957. The van der Waals surface area contributed by atoms with Crippen LogP contribution in [0.3, 0.4) is 0 Å². The molecule has 5 heteroatoms. The van der Waals surface area contributed by atoms with Crippen LogP contribution in [0.5, 0.6) is 0 Å². The minimum Gasteiger partial charge on any atom is -0.480 e. The second-order valence-corrected chi connectivity index (χ2v) is 4.30. The number of carbonyl (C=O) groups is 1. The van der Waals surface area contributed by atoms with Crippen molar-refractivity contribution in [2.75, 3.05) is 36.5 Å². The Morgan fingerprint density at radius 3 is 2.71 bits per heavy atom. The average Bonchev–Trinajstić information content (AvgIpc) is 2.33. The standard InChI is InChI=1S/C12H17N3O2/c1-14-6-7-15(8-9(13)12(16)17)11-5-3-2-4-10(11)14/h2-5,9H,6-8,13H2,1H3,(H,16,17). The number of rotatable bonds is 3. The minimum absolute atomic E-state index is 0.347. The van der Waals surface area contributed by atoms with E-state index in [1.807, 2.05) is 36.2 Å². The van der Waals surface area contributed by atoms with E-state index in [2.05, 4.69) is 4.90 Å². The second kappa shape index (κ2) is 4.63. The Hall–Kier alpha value is -1.75. The number of carboxylic acids is 1. The molecule has 0 radical (unpaired) electrons. The van der Waals surface area contributed by atoms with Crippen LogP contribution in [-0.2, 0) is 4.79 Å². The molecule has 0 fully saturated rings.